The molecule has 9 heteroatoms. The van der Waals surface area contributed by atoms with Crippen LogP contribution in [0.2, 0.25) is 0 Å². The van der Waals surface area contributed by atoms with Crippen LogP contribution in [0.5, 0.6) is 17.2 Å². The molecule has 0 saturated heterocycles. The summed E-state index contributed by atoms with van der Waals surface area (Å²) < 4.78 is 24.1. The van der Waals surface area contributed by atoms with Gasteiger partial charge in [-0.05, 0) is 48.9 Å². The van der Waals surface area contributed by atoms with Gasteiger partial charge in [0.15, 0.2) is 4.80 Å². The Hall–Kier alpha value is -4.37. The average Bonchev–Trinajstić information content (AvgIpc) is 3.25. The normalized spacial score (nSPS) is 15.1. The summed E-state index contributed by atoms with van der Waals surface area (Å²) in [4.78, 5) is 32.6. The minimum absolute atomic E-state index is 0.191. The molecule has 2 heterocycles. The number of allylic oxidation sites excluding steroid dienone is 1. The molecule has 0 spiro atoms. The van der Waals surface area contributed by atoms with Crippen LogP contribution in [0.1, 0.15) is 31.0 Å². The molecule has 1 aliphatic rings. The van der Waals surface area contributed by atoms with Crippen molar-refractivity contribution in [2.75, 3.05) is 27.9 Å². The number of benzene rings is 3. The van der Waals surface area contributed by atoms with E-state index >= 15 is 0 Å². The second kappa shape index (κ2) is 10.8. The molecule has 1 aliphatic heterocycles. The van der Waals surface area contributed by atoms with Crippen molar-refractivity contribution in [3.8, 4) is 17.2 Å². The van der Waals surface area contributed by atoms with E-state index in [2.05, 4.69) is 4.99 Å². The summed E-state index contributed by atoms with van der Waals surface area (Å²) in [7, 11) is 4.72. The highest BCUT2D eigenvalue weighted by Crippen LogP contribution is 2.40. The largest absolute Gasteiger partial charge is 0.497 e. The maximum Gasteiger partial charge on any atom is 0.338 e. The minimum Gasteiger partial charge on any atom is -0.497 e. The summed E-state index contributed by atoms with van der Waals surface area (Å²) in [6.07, 6.45) is 1.77. The number of nitrogens with zero attached hydrogens (tertiary/aromatic N) is 2. The lowest BCUT2D eigenvalue weighted by molar-refractivity contribution is -0.139. The van der Waals surface area contributed by atoms with Crippen molar-refractivity contribution in [2.24, 2.45) is 4.99 Å². The van der Waals surface area contributed by atoms with E-state index in [9.17, 15) is 9.59 Å². The SMILES string of the molecule is CCOC(=O)C1=C(C)N=c2s/c(=C\c3ccc(OC)cc3OC)c(=O)n2C1c1c(OC)ccc2ccccc12. The topological polar surface area (TPSA) is 88.4 Å². The Kier molecular flexibility index (Phi) is 7.26. The first-order valence-corrected chi connectivity index (χ1v) is 13.2. The van der Waals surface area contributed by atoms with Crippen molar-refractivity contribution < 1.29 is 23.7 Å². The molecule has 8 nitrogen and oxygen atoms in total. The van der Waals surface area contributed by atoms with Crippen LogP contribution in [0.3, 0.4) is 0 Å². The van der Waals surface area contributed by atoms with E-state index in [-0.39, 0.29) is 12.2 Å². The van der Waals surface area contributed by atoms with Crippen LogP contribution < -0.4 is 29.1 Å². The molecule has 5 rings (SSSR count). The fourth-order valence-corrected chi connectivity index (χ4v) is 5.92. The Morgan fingerprint density at radius 3 is 2.51 bits per heavy atom. The van der Waals surface area contributed by atoms with E-state index in [1.165, 1.54) is 11.3 Å². The summed E-state index contributed by atoms with van der Waals surface area (Å²) in [5, 5.41) is 1.82. The second-order valence-electron chi connectivity index (χ2n) is 8.81. The van der Waals surface area contributed by atoms with E-state index in [1.807, 2.05) is 42.5 Å². The third-order valence-electron chi connectivity index (χ3n) is 6.67. The van der Waals surface area contributed by atoms with Gasteiger partial charge in [0.2, 0.25) is 0 Å². The maximum absolute atomic E-state index is 14.1. The second-order valence-corrected chi connectivity index (χ2v) is 9.82. The van der Waals surface area contributed by atoms with E-state index in [0.717, 1.165) is 10.8 Å². The fourth-order valence-electron chi connectivity index (χ4n) is 4.88. The molecule has 0 radical (unpaired) electrons. The van der Waals surface area contributed by atoms with Crippen molar-refractivity contribution in [3.05, 3.63) is 96.7 Å². The number of ether oxygens (including phenoxy) is 4. The zero-order chi connectivity index (χ0) is 27.7. The Labute approximate surface area is 229 Å². The van der Waals surface area contributed by atoms with Crippen LogP contribution in [0.25, 0.3) is 16.8 Å². The first-order valence-electron chi connectivity index (χ1n) is 12.4. The van der Waals surface area contributed by atoms with Gasteiger partial charge in [-0.2, -0.15) is 0 Å². The summed E-state index contributed by atoms with van der Waals surface area (Å²) in [6.45, 7) is 3.70. The van der Waals surface area contributed by atoms with Gasteiger partial charge in [-0.3, -0.25) is 9.36 Å². The van der Waals surface area contributed by atoms with E-state index < -0.39 is 12.0 Å². The number of carbonyl (C=O) groups excluding carboxylic acids is 1. The van der Waals surface area contributed by atoms with Gasteiger partial charge in [0.05, 0.1) is 43.7 Å². The monoisotopic (exact) mass is 544 g/mol. The zero-order valence-corrected chi connectivity index (χ0v) is 23.1. The standard InChI is InChI=1S/C30H28N2O6S/c1-6-38-29(34)25-17(2)31-30-32(27(25)26-21-10-8-7-9-18(21)12-14-22(26)36-4)28(33)24(39-30)15-19-11-13-20(35-3)16-23(19)37-5/h7-16,27H,6H2,1-5H3/b24-15-. The smallest absolute Gasteiger partial charge is 0.338 e. The highest BCUT2D eigenvalue weighted by molar-refractivity contribution is 7.07. The highest BCUT2D eigenvalue weighted by atomic mass is 32.1. The van der Waals surface area contributed by atoms with Gasteiger partial charge < -0.3 is 18.9 Å². The molecule has 1 unspecified atom stereocenters. The van der Waals surface area contributed by atoms with Gasteiger partial charge in [-0.1, -0.05) is 41.7 Å². The van der Waals surface area contributed by atoms with Gasteiger partial charge in [-0.25, -0.2) is 9.79 Å². The van der Waals surface area contributed by atoms with Crippen LogP contribution in [-0.4, -0.2) is 38.5 Å². The van der Waals surface area contributed by atoms with Crippen molar-refractivity contribution in [2.45, 2.75) is 19.9 Å². The molecule has 200 valence electrons. The quantitative estimate of drug-likeness (QED) is 0.327. The summed E-state index contributed by atoms with van der Waals surface area (Å²) in [5.41, 5.74) is 1.91. The number of thiazole rings is 1. The molecule has 1 atom stereocenters. The third-order valence-corrected chi connectivity index (χ3v) is 7.65. The molecule has 0 saturated carbocycles. The van der Waals surface area contributed by atoms with Gasteiger partial charge >= 0.3 is 5.97 Å². The zero-order valence-electron chi connectivity index (χ0n) is 22.3. The number of hydrogen-bond donors (Lipinski definition) is 0. The van der Waals surface area contributed by atoms with E-state index in [0.29, 0.717) is 49.0 Å². The Balaban J connectivity index is 1.83. The number of aromatic nitrogens is 1. The number of hydrogen-bond acceptors (Lipinski definition) is 8. The molecule has 39 heavy (non-hydrogen) atoms. The predicted molar refractivity (Wildman–Crippen MR) is 150 cm³/mol. The lowest BCUT2D eigenvalue weighted by atomic mass is 9.90. The first-order chi connectivity index (χ1) is 18.9. The van der Waals surface area contributed by atoms with Crippen molar-refractivity contribution in [1.82, 2.24) is 4.57 Å². The molecular formula is C30H28N2O6S. The van der Waals surface area contributed by atoms with Crippen LogP contribution in [-0.2, 0) is 9.53 Å². The van der Waals surface area contributed by atoms with Crippen molar-refractivity contribution >= 4 is 34.2 Å². The van der Waals surface area contributed by atoms with Crippen LogP contribution >= 0.6 is 11.3 Å². The van der Waals surface area contributed by atoms with Gasteiger partial charge in [0.1, 0.15) is 23.3 Å². The van der Waals surface area contributed by atoms with Crippen LogP contribution in [0, 0.1) is 0 Å². The number of esters is 1. The Morgan fingerprint density at radius 2 is 1.79 bits per heavy atom. The third kappa shape index (κ3) is 4.59. The number of fused-ring (bicyclic) bond motifs is 2. The molecule has 0 fully saturated rings. The van der Waals surface area contributed by atoms with Crippen molar-refractivity contribution in [1.29, 1.82) is 0 Å². The molecule has 0 amide bonds. The predicted octanol–water partition coefficient (Wildman–Crippen LogP) is 3.98. The summed E-state index contributed by atoms with van der Waals surface area (Å²) in [6, 6.07) is 16.2. The molecule has 4 aromatic rings. The lowest BCUT2D eigenvalue weighted by Gasteiger charge is -2.27. The van der Waals surface area contributed by atoms with Crippen LogP contribution in [0.15, 0.2) is 75.7 Å². The lowest BCUT2D eigenvalue weighted by Crippen LogP contribution is -2.40. The van der Waals surface area contributed by atoms with Gasteiger partial charge in [0, 0.05) is 17.2 Å². The highest BCUT2D eigenvalue weighted by Gasteiger charge is 2.36. The van der Waals surface area contributed by atoms with E-state index in [1.54, 1.807) is 58.0 Å². The maximum atomic E-state index is 14.1. The number of methoxy groups -OCH3 is 3. The Bertz CT molecular complexity index is 1800. The van der Waals surface area contributed by atoms with Crippen molar-refractivity contribution in [3.63, 3.8) is 0 Å². The van der Waals surface area contributed by atoms with Crippen LogP contribution in [0.4, 0.5) is 0 Å². The number of rotatable bonds is 7. The molecular weight excluding hydrogens is 516 g/mol. The average molecular weight is 545 g/mol. The number of carbonyl (C=O) groups is 1. The fraction of sp³-hybridized carbons (Fsp3) is 0.233. The molecule has 0 aliphatic carbocycles. The molecule has 1 aromatic heterocycles. The molecule has 3 aromatic carbocycles. The minimum atomic E-state index is -0.804. The molecule has 0 N–H and O–H groups in total. The summed E-state index contributed by atoms with van der Waals surface area (Å²) >= 11 is 1.25. The van der Waals surface area contributed by atoms with E-state index in [4.69, 9.17) is 18.9 Å². The van der Waals surface area contributed by atoms with Gasteiger partial charge in [-0.15, -0.1) is 0 Å². The van der Waals surface area contributed by atoms with Gasteiger partial charge in [0.25, 0.3) is 5.56 Å². The first kappa shape index (κ1) is 26.2. The molecule has 0 bridgehead atoms. The Morgan fingerprint density at radius 1 is 1.03 bits per heavy atom. The summed E-state index contributed by atoms with van der Waals surface area (Å²) in [5.74, 6) is 1.24.